The van der Waals surface area contributed by atoms with Gasteiger partial charge in [0.15, 0.2) is 0 Å². The number of nitrogens with zero attached hydrogens (tertiary/aromatic N) is 1. The highest BCUT2D eigenvalue weighted by Crippen LogP contribution is 2.26. The summed E-state index contributed by atoms with van der Waals surface area (Å²) >= 11 is 1.56. The molecule has 96 valence electrons. The Morgan fingerprint density at radius 2 is 2.17 bits per heavy atom. The molecule has 0 bridgehead atoms. The molecule has 0 fully saturated rings. The molecule has 18 heavy (non-hydrogen) atoms. The van der Waals surface area contributed by atoms with Gasteiger partial charge < -0.3 is 10.1 Å². The van der Waals surface area contributed by atoms with Crippen molar-refractivity contribution in [1.29, 1.82) is 0 Å². The lowest BCUT2D eigenvalue weighted by molar-refractivity contribution is -0.0493. The summed E-state index contributed by atoms with van der Waals surface area (Å²) in [6.45, 7) is -0.365. The van der Waals surface area contributed by atoms with Crippen molar-refractivity contribution in [1.82, 2.24) is 4.98 Å². The zero-order valence-electron chi connectivity index (χ0n) is 9.69. The van der Waals surface area contributed by atoms with Crippen LogP contribution in [0.4, 0.5) is 14.5 Å². The van der Waals surface area contributed by atoms with Crippen LogP contribution in [0.1, 0.15) is 9.88 Å². The molecule has 0 unspecified atom stereocenters. The van der Waals surface area contributed by atoms with Gasteiger partial charge in [-0.2, -0.15) is 8.78 Å². The van der Waals surface area contributed by atoms with Crippen LogP contribution in [0.15, 0.2) is 30.5 Å². The molecule has 0 aliphatic carbocycles. The Morgan fingerprint density at radius 1 is 1.39 bits per heavy atom. The Bertz CT molecular complexity index is 516. The first kappa shape index (κ1) is 12.8. The van der Waals surface area contributed by atoms with Gasteiger partial charge in [0.25, 0.3) is 0 Å². The number of ether oxygens (including phenoxy) is 1. The van der Waals surface area contributed by atoms with E-state index in [1.165, 1.54) is 6.07 Å². The van der Waals surface area contributed by atoms with Gasteiger partial charge >= 0.3 is 6.61 Å². The number of aryl methyl sites for hydroxylation is 1. The largest absolute Gasteiger partial charge is 0.433 e. The predicted molar refractivity (Wildman–Crippen MR) is 67.3 cm³/mol. The minimum Gasteiger partial charge on any atom is -0.433 e. The molecule has 0 saturated carbocycles. The summed E-state index contributed by atoms with van der Waals surface area (Å²) in [5.41, 5.74) is 0.545. The molecule has 6 heteroatoms. The number of para-hydroxylation sites is 2. The van der Waals surface area contributed by atoms with Gasteiger partial charge in [-0.05, 0) is 19.1 Å². The molecular weight excluding hydrogens is 258 g/mol. The lowest BCUT2D eigenvalue weighted by Gasteiger charge is -2.11. The van der Waals surface area contributed by atoms with Crippen LogP contribution in [0.2, 0.25) is 0 Å². The Morgan fingerprint density at radius 3 is 2.83 bits per heavy atom. The molecule has 1 heterocycles. The summed E-state index contributed by atoms with van der Waals surface area (Å²) in [7, 11) is 0. The van der Waals surface area contributed by atoms with E-state index in [9.17, 15) is 8.78 Å². The molecule has 0 spiro atoms. The molecule has 1 aromatic heterocycles. The summed E-state index contributed by atoms with van der Waals surface area (Å²) in [6, 6.07) is 6.62. The summed E-state index contributed by atoms with van der Waals surface area (Å²) < 4.78 is 28.8. The van der Waals surface area contributed by atoms with E-state index in [1.807, 2.05) is 6.92 Å². The first-order chi connectivity index (χ1) is 8.65. The van der Waals surface area contributed by atoms with Crippen LogP contribution in [0.25, 0.3) is 0 Å². The van der Waals surface area contributed by atoms with Crippen LogP contribution in [-0.2, 0) is 6.54 Å². The van der Waals surface area contributed by atoms with Crippen LogP contribution >= 0.6 is 11.3 Å². The van der Waals surface area contributed by atoms with Gasteiger partial charge in [0.2, 0.25) is 0 Å². The van der Waals surface area contributed by atoms with Gasteiger partial charge in [-0.3, -0.25) is 0 Å². The minimum atomic E-state index is -2.82. The number of alkyl halides is 2. The minimum absolute atomic E-state index is 0.147. The molecule has 0 aliphatic rings. The Balaban J connectivity index is 2.04. The number of nitrogens with one attached hydrogen (secondary N) is 1. The number of hydrogen-bond acceptors (Lipinski definition) is 4. The molecule has 2 aromatic rings. The van der Waals surface area contributed by atoms with Gasteiger partial charge in [0.05, 0.1) is 17.2 Å². The average Bonchev–Trinajstić information content (AvgIpc) is 2.73. The number of benzene rings is 1. The van der Waals surface area contributed by atoms with Crippen molar-refractivity contribution in [2.75, 3.05) is 5.32 Å². The molecule has 0 saturated heterocycles. The van der Waals surface area contributed by atoms with Crippen LogP contribution in [-0.4, -0.2) is 11.6 Å². The van der Waals surface area contributed by atoms with E-state index in [0.29, 0.717) is 12.2 Å². The third-order valence-corrected chi connectivity index (χ3v) is 3.14. The standard InChI is InChI=1S/C12H12F2N2OS/c1-8-15-6-9(18-8)7-16-10-4-2-3-5-11(10)17-12(13)14/h2-6,12,16H,7H2,1H3. The highest BCUT2D eigenvalue weighted by molar-refractivity contribution is 7.11. The number of halogens is 2. The number of hydrogen-bond donors (Lipinski definition) is 1. The second kappa shape index (κ2) is 5.77. The molecule has 0 aliphatic heterocycles. The van der Waals surface area contributed by atoms with Crippen LogP contribution < -0.4 is 10.1 Å². The van der Waals surface area contributed by atoms with E-state index in [2.05, 4.69) is 15.0 Å². The first-order valence-corrected chi connectivity index (χ1v) is 6.16. The maximum Gasteiger partial charge on any atom is 0.387 e. The van der Waals surface area contributed by atoms with Crippen LogP contribution in [0.5, 0.6) is 5.75 Å². The second-order valence-electron chi connectivity index (χ2n) is 3.57. The molecule has 0 radical (unpaired) electrons. The Kier molecular flexibility index (Phi) is 4.09. The Hall–Kier alpha value is -1.69. The normalized spacial score (nSPS) is 10.7. The zero-order valence-corrected chi connectivity index (χ0v) is 10.5. The Labute approximate surface area is 107 Å². The fraction of sp³-hybridized carbons (Fsp3) is 0.250. The lowest BCUT2D eigenvalue weighted by Crippen LogP contribution is -2.06. The van der Waals surface area contributed by atoms with Crippen molar-refractivity contribution in [3.05, 3.63) is 40.3 Å². The fourth-order valence-electron chi connectivity index (χ4n) is 1.48. The van der Waals surface area contributed by atoms with Crippen molar-refractivity contribution in [2.24, 2.45) is 0 Å². The van der Waals surface area contributed by atoms with E-state index in [-0.39, 0.29) is 5.75 Å². The average molecular weight is 270 g/mol. The summed E-state index contributed by atoms with van der Waals surface area (Å²) in [6.07, 6.45) is 1.77. The molecule has 3 nitrogen and oxygen atoms in total. The molecule has 2 rings (SSSR count). The molecule has 1 N–H and O–H groups in total. The zero-order chi connectivity index (χ0) is 13.0. The number of rotatable bonds is 5. The van der Waals surface area contributed by atoms with Gasteiger partial charge in [-0.15, -0.1) is 11.3 Å². The monoisotopic (exact) mass is 270 g/mol. The summed E-state index contributed by atoms with van der Waals surface area (Å²) in [5.74, 6) is 0.147. The number of thiazole rings is 1. The van der Waals surface area contributed by atoms with Crippen molar-refractivity contribution < 1.29 is 13.5 Å². The predicted octanol–water partition coefficient (Wildman–Crippen LogP) is 3.67. The summed E-state index contributed by atoms with van der Waals surface area (Å²) in [5, 5.41) is 4.04. The highest BCUT2D eigenvalue weighted by Gasteiger charge is 2.09. The smallest absolute Gasteiger partial charge is 0.387 e. The second-order valence-corrected chi connectivity index (χ2v) is 4.89. The molecular formula is C12H12F2N2OS. The van der Waals surface area contributed by atoms with Crippen molar-refractivity contribution in [3.63, 3.8) is 0 Å². The molecule has 0 atom stereocenters. The van der Waals surface area contributed by atoms with E-state index in [4.69, 9.17) is 0 Å². The third-order valence-electron chi connectivity index (χ3n) is 2.23. The van der Waals surface area contributed by atoms with Crippen LogP contribution in [0, 0.1) is 6.92 Å². The molecule has 0 amide bonds. The van der Waals surface area contributed by atoms with E-state index >= 15 is 0 Å². The van der Waals surface area contributed by atoms with E-state index < -0.39 is 6.61 Å². The highest BCUT2D eigenvalue weighted by atomic mass is 32.1. The van der Waals surface area contributed by atoms with Crippen molar-refractivity contribution in [2.45, 2.75) is 20.1 Å². The van der Waals surface area contributed by atoms with Gasteiger partial charge in [0.1, 0.15) is 5.75 Å². The van der Waals surface area contributed by atoms with Gasteiger partial charge in [-0.1, -0.05) is 12.1 Å². The molecule has 1 aromatic carbocycles. The maximum atomic E-state index is 12.2. The van der Waals surface area contributed by atoms with Crippen LogP contribution in [0.3, 0.4) is 0 Å². The van der Waals surface area contributed by atoms with Gasteiger partial charge in [0, 0.05) is 11.1 Å². The maximum absolute atomic E-state index is 12.2. The van der Waals surface area contributed by atoms with Crippen molar-refractivity contribution in [3.8, 4) is 5.75 Å². The summed E-state index contributed by atoms with van der Waals surface area (Å²) in [4.78, 5) is 5.17. The van der Waals surface area contributed by atoms with E-state index in [1.54, 1.807) is 35.7 Å². The third kappa shape index (κ3) is 3.40. The first-order valence-electron chi connectivity index (χ1n) is 5.34. The number of anilines is 1. The quantitative estimate of drug-likeness (QED) is 0.900. The van der Waals surface area contributed by atoms with Crippen molar-refractivity contribution >= 4 is 17.0 Å². The topological polar surface area (TPSA) is 34.2 Å². The lowest BCUT2D eigenvalue weighted by atomic mass is 10.3. The van der Waals surface area contributed by atoms with Gasteiger partial charge in [-0.25, -0.2) is 4.98 Å². The SMILES string of the molecule is Cc1ncc(CNc2ccccc2OC(F)F)s1. The number of aromatic nitrogens is 1. The van der Waals surface area contributed by atoms with E-state index in [0.717, 1.165) is 9.88 Å². The fourth-order valence-corrected chi connectivity index (χ4v) is 2.22.